The second kappa shape index (κ2) is 5.76. The van der Waals surface area contributed by atoms with Crippen molar-refractivity contribution < 1.29 is 0 Å². The monoisotopic (exact) mass is 192 g/mol. The van der Waals surface area contributed by atoms with E-state index in [1.165, 1.54) is 0 Å². The molecule has 78 valence electrons. The Kier molecular flexibility index (Phi) is 4.60. The van der Waals surface area contributed by atoms with E-state index in [2.05, 4.69) is 18.8 Å². The van der Waals surface area contributed by atoms with Crippen molar-refractivity contribution >= 4 is 0 Å². The average molecular weight is 192 g/mol. The fourth-order valence-corrected chi connectivity index (χ4v) is 1.82. The third-order valence-corrected chi connectivity index (χ3v) is 2.83. The molecule has 1 atom stereocenters. The second-order valence-corrected chi connectivity index (χ2v) is 3.77. The smallest absolute Gasteiger partial charge is 0.0419 e. The molecule has 2 heteroatoms. The van der Waals surface area contributed by atoms with Crippen molar-refractivity contribution in [2.75, 3.05) is 0 Å². The molecule has 1 unspecified atom stereocenters. The first kappa shape index (κ1) is 11.2. The van der Waals surface area contributed by atoms with Crippen LogP contribution in [-0.2, 0) is 6.42 Å². The summed E-state index contributed by atoms with van der Waals surface area (Å²) in [4.78, 5) is 4.29. The van der Waals surface area contributed by atoms with E-state index in [4.69, 9.17) is 5.73 Å². The van der Waals surface area contributed by atoms with Crippen LogP contribution in [0.15, 0.2) is 24.4 Å². The van der Waals surface area contributed by atoms with E-state index in [-0.39, 0.29) is 6.04 Å². The number of aromatic nitrogens is 1. The molecule has 0 aliphatic carbocycles. The maximum atomic E-state index is 6.13. The van der Waals surface area contributed by atoms with Crippen LogP contribution in [0.4, 0.5) is 0 Å². The minimum Gasteiger partial charge on any atom is -0.327 e. The first-order valence-corrected chi connectivity index (χ1v) is 5.43. The molecule has 1 rings (SSSR count). The van der Waals surface area contributed by atoms with Crippen LogP contribution in [0.2, 0.25) is 0 Å². The number of pyridine rings is 1. The molecule has 0 spiro atoms. The number of rotatable bonds is 5. The molecule has 0 saturated carbocycles. The fourth-order valence-electron chi connectivity index (χ4n) is 1.82. The lowest BCUT2D eigenvalue weighted by Crippen LogP contribution is -2.31. The van der Waals surface area contributed by atoms with Crippen molar-refractivity contribution in [3.05, 3.63) is 30.1 Å². The molecule has 0 aromatic carbocycles. The van der Waals surface area contributed by atoms with Gasteiger partial charge in [0.15, 0.2) is 0 Å². The van der Waals surface area contributed by atoms with Gasteiger partial charge in [-0.05, 0) is 18.1 Å². The molecule has 0 bridgehead atoms. The van der Waals surface area contributed by atoms with E-state index in [9.17, 15) is 0 Å². The Labute approximate surface area is 86.5 Å². The summed E-state index contributed by atoms with van der Waals surface area (Å²) in [5, 5.41) is 0. The molecule has 0 radical (unpaired) electrons. The summed E-state index contributed by atoms with van der Waals surface area (Å²) in [6, 6.07) is 6.25. The Morgan fingerprint density at radius 3 is 2.50 bits per heavy atom. The molecule has 1 aromatic rings. The highest BCUT2D eigenvalue weighted by molar-refractivity contribution is 5.05. The number of hydrogen-bond acceptors (Lipinski definition) is 2. The molecule has 0 amide bonds. The van der Waals surface area contributed by atoms with Gasteiger partial charge < -0.3 is 5.73 Å². The normalized spacial score (nSPS) is 13.1. The lowest BCUT2D eigenvalue weighted by molar-refractivity contribution is 0.391. The van der Waals surface area contributed by atoms with Gasteiger partial charge in [0.05, 0.1) is 0 Å². The van der Waals surface area contributed by atoms with Crippen molar-refractivity contribution in [3.8, 4) is 0 Å². The van der Waals surface area contributed by atoms with Crippen LogP contribution < -0.4 is 5.73 Å². The quantitative estimate of drug-likeness (QED) is 0.778. The van der Waals surface area contributed by atoms with Crippen molar-refractivity contribution in [1.82, 2.24) is 4.98 Å². The second-order valence-electron chi connectivity index (χ2n) is 3.77. The molecule has 1 heterocycles. The van der Waals surface area contributed by atoms with Crippen LogP contribution in [0, 0.1) is 5.92 Å². The largest absolute Gasteiger partial charge is 0.327 e. The zero-order valence-corrected chi connectivity index (χ0v) is 9.11. The van der Waals surface area contributed by atoms with Crippen LogP contribution in [0.3, 0.4) is 0 Å². The first-order chi connectivity index (χ1) is 6.77. The summed E-state index contributed by atoms with van der Waals surface area (Å²) >= 11 is 0. The zero-order chi connectivity index (χ0) is 10.4. The van der Waals surface area contributed by atoms with Crippen molar-refractivity contribution in [2.24, 2.45) is 11.7 Å². The molecule has 0 aliphatic rings. The third kappa shape index (κ3) is 3.11. The molecular formula is C12H20N2. The Balaban J connectivity index is 2.52. The summed E-state index contributed by atoms with van der Waals surface area (Å²) in [6.45, 7) is 4.40. The summed E-state index contributed by atoms with van der Waals surface area (Å²) in [6.07, 6.45) is 5.04. The maximum absolute atomic E-state index is 6.13. The van der Waals surface area contributed by atoms with E-state index in [0.717, 1.165) is 25.0 Å². The Morgan fingerprint density at radius 2 is 2.00 bits per heavy atom. The van der Waals surface area contributed by atoms with Gasteiger partial charge in [0.1, 0.15) is 0 Å². The van der Waals surface area contributed by atoms with Crippen LogP contribution in [-0.4, -0.2) is 11.0 Å². The predicted molar refractivity (Wildman–Crippen MR) is 60.0 cm³/mol. The van der Waals surface area contributed by atoms with Crippen LogP contribution in [0.1, 0.15) is 32.4 Å². The van der Waals surface area contributed by atoms with Crippen LogP contribution in [0.5, 0.6) is 0 Å². The molecule has 14 heavy (non-hydrogen) atoms. The van der Waals surface area contributed by atoms with Gasteiger partial charge in [0, 0.05) is 24.4 Å². The summed E-state index contributed by atoms with van der Waals surface area (Å²) < 4.78 is 0. The number of nitrogens with zero attached hydrogens (tertiary/aromatic N) is 1. The highest BCUT2D eigenvalue weighted by Crippen LogP contribution is 2.14. The molecule has 2 N–H and O–H groups in total. The van der Waals surface area contributed by atoms with E-state index >= 15 is 0 Å². The molecule has 0 saturated heterocycles. The number of nitrogens with two attached hydrogens (primary N) is 1. The fraction of sp³-hybridized carbons (Fsp3) is 0.583. The first-order valence-electron chi connectivity index (χ1n) is 5.43. The summed E-state index contributed by atoms with van der Waals surface area (Å²) in [5.41, 5.74) is 7.23. The number of hydrogen-bond donors (Lipinski definition) is 1. The summed E-state index contributed by atoms with van der Waals surface area (Å²) in [5.74, 6) is 0.622. The van der Waals surface area contributed by atoms with Crippen LogP contribution >= 0.6 is 0 Å². The minimum absolute atomic E-state index is 0.250. The van der Waals surface area contributed by atoms with Gasteiger partial charge >= 0.3 is 0 Å². The zero-order valence-electron chi connectivity index (χ0n) is 9.11. The highest BCUT2D eigenvalue weighted by atomic mass is 14.7. The third-order valence-electron chi connectivity index (χ3n) is 2.83. The molecule has 1 aromatic heterocycles. The van der Waals surface area contributed by atoms with E-state index in [1.807, 2.05) is 24.4 Å². The molecule has 2 nitrogen and oxygen atoms in total. The van der Waals surface area contributed by atoms with Gasteiger partial charge in [-0.1, -0.05) is 32.8 Å². The van der Waals surface area contributed by atoms with Gasteiger partial charge in [0.25, 0.3) is 0 Å². The predicted octanol–water partition coefficient (Wildman–Crippen LogP) is 2.39. The van der Waals surface area contributed by atoms with E-state index in [0.29, 0.717) is 5.92 Å². The van der Waals surface area contributed by atoms with Crippen molar-refractivity contribution in [3.63, 3.8) is 0 Å². The van der Waals surface area contributed by atoms with Gasteiger partial charge in [-0.2, -0.15) is 0 Å². The Bertz CT molecular complexity index is 242. The van der Waals surface area contributed by atoms with Crippen molar-refractivity contribution in [2.45, 2.75) is 39.2 Å². The standard InChI is InChI=1S/C12H20N2/c1-3-10(4-2)12(13)9-11-7-5-6-8-14-11/h5-8,10,12H,3-4,9,13H2,1-2H3. The minimum atomic E-state index is 0.250. The Morgan fingerprint density at radius 1 is 1.29 bits per heavy atom. The van der Waals surface area contributed by atoms with Gasteiger partial charge in [0.2, 0.25) is 0 Å². The Hall–Kier alpha value is -0.890. The van der Waals surface area contributed by atoms with E-state index < -0.39 is 0 Å². The van der Waals surface area contributed by atoms with Crippen molar-refractivity contribution in [1.29, 1.82) is 0 Å². The molecular weight excluding hydrogens is 172 g/mol. The molecule has 0 fully saturated rings. The molecule has 0 aliphatic heterocycles. The van der Waals surface area contributed by atoms with Gasteiger partial charge in [-0.25, -0.2) is 0 Å². The SMILES string of the molecule is CCC(CC)C(N)Cc1ccccn1. The topological polar surface area (TPSA) is 38.9 Å². The lowest BCUT2D eigenvalue weighted by Gasteiger charge is -2.20. The average Bonchev–Trinajstić information content (AvgIpc) is 2.21. The van der Waals surface area contributed by atoms with E-state index in [1.54, 1.807) is 0 Å². The van der Waals surface area contributed by atoms with Gasteiger partial charge in [-0.3, -0.25) is 4.98 Å². The van der Waals surface area contributed by atoms with Crippen LogP contribution in [0.25, 0.3) is 0 Å². The highest BCUT2D eigenvalue weighted by Gasteiger charge is 2.14. The van der Waals surface area contributed by atoms with Gasteiger partial charge in [-0.15, -0.1) is 0 Å². The lowest BCUT2D eigenvalue weighted by atomic mass is 9.91. The summed E-state index contributed by atoms with van der Waals surface area (Å²) in [7, 11) is 0. The maximum Gasteiger partial charge on any atom is 0.0419 e.